The van der Waals surface area contributed by atoms with Gasteiger partial charge in [-0.2, -0.15) is 0 Å². The molecule has 0 aliphatic carbocycles. The summed E-state index contributed by atoms with van der Waals surface area (Å²) < 4.78 is 16.4. The molecule has 0 bridgehead atoms. The van der Waals surface area contributed by atoms with Crippen LogP contribution >= 0.6 is 0 Å². The number of allylic oxidation sites excluding steroid dienone is 2. The molecule has 0 rings (SSSR count). The van der Waals surface area contributed by atoms with E-state index in [1.165, 1.54) is 77.0 Å². The van der Waals surface area contributed by atoms with Gasteiger partial charge in [0, 0.05) is 19.3 Å². The molecule has 0 aliphatic rings. The van der Waals surface area contributed by atoms with Crippen molar-refractivity contribution in [3.8, 4) is 0 Å². The molecule has 1 atom stereocenters. The standard InChI is InChI=1S/C37H68O6/c1-4-7-10-13-15-16-17-18-19-20-21-22-25-27-30-36(39)42-33-34(32-41-35(38)29-26-23-12-9-6-3)43-37(40)31-28-24-14-11-8-5-2/h17-18,34H,4-16,19-33H2,1-3H3/b18-17-. The fraction of sp³-hybridized carbons (Fsp3) is 0.865. The molecule has 1 unspecified atom stereocenters. The average molecular weight is 609 g/mol. The van der Waals surface area contributed by atoms with Crippen LogP contribution in [0, 0.1) is 0 Å². The van der Waals surface area contributed by atoms with E-state index < -0.39 is 6.10 Å². The van der Waals surface area contributed by atoms with Crippen molar-refractivity contribution in [3.05, 3.63) is 12.2 Å². The van der Waals surface area contributed by atoms with Crippen molar-refractivity contribution < 1.29 is 28.6 Å². The molecule has 0 saturated carbocycles. The molecular weight excluding hydrogens is 540 g/mol. The Balaban J connectivity index is 4.21. The summed E-state index contributed by atoms with van der Waals surface area (Å²) in [5, 5.41) is 0. The first kappa shape index (κ1) is 41.1. The summed E-state index contributed by atoms with van der Waals surface area (Å²) >= 11 is 0. The highest BCUT2D eigenvalue weighted by atomic mass is 16.6. The van der Waals surface area contributed by atoms with Gasteiger partial charge in [0.1, 0.15) is 13.2 Å². The van der Waals surface area contributed by atoms with E-state index in [0.29, 0.717) is 19.3 Å². The second kappa shape index (κ2) is 33.1. The Morgan fingerprint density at radius 1 is 0.442 bits per heavy atom. The maximum atomic E-state index is 12.4. The van der Waals surface area contributed by atoms with E-state index in [0.717, 1.165) is 70.6 Å². The minimum atomic E-state index is -0.759. The van der Waals surface area contributed by atoms with Crippen molar-refractivity contribution in [2.24, 2.45) is 0 Å². The first-order valence-electron chi connectivity index (χ1n) is 18.2. The summed E-state index contributed by atoms with van der Waals surface area (Å²) in [7, 11) is 0. The zero-order valence-corrected chi connectivity index (χ0v) is 28.5. The molecule has 0 heterocycles. The van der Waals surface area contributed by atoms with Crippen LogP contribution in [-0.4, -0.2) is 37.2 Å². The lowest BCUT2D eigenvalue weighted by molar-refractivity contribution is -0.167. The molecule has 0 N–H and O–H groups in total. The minimum absolute atomic E-state index is 0.0728. The maximum absolute atomic E-state index is 12.4. The lowest BCUT2D eigenvalue weighted by atomic mass is 10.1. The number of hydrogen-bond acceptors (Lipinski definition) is 6. The van der Waals surface area contributed by atoms with E-state index in [4.69, 9.17) is 14.2 Å². The van der Waals surface area contributed by atoms with Gasteiger partial charge in [0.05, 0.1) is 0 Å². The number of unbranched alkanes of at least 4 members (excludes halogenated alkanes) is 19. The fourth-order valence-electron chi connectivity index (χ4n) is 4.96. The van der Waals surface area contributed by atoms with Crippen molar-refractivity contribution in [1.82, 2.24) is 0 Å². The summed E-state index contributed by atoms with van der Waals surface area (Å²) in [6, 6.07) is 0. The Bertz CT molecular complexity index is 674. The number of ether oxygens (including phenoxy) is 3. The van der Waals surface area contributed by atoms with Crippen molar-refractivity contribution in [1.29, 1.82) is 0 Å². The fourth-order valence-corrected chi connectivity index (χ4v) is 4.96. The Hall–Kier alpha value is -1.85. The number of rotatable bonds is 32. The van der Waals surface area contributed by atoms with Gasteiger partial charge in [0.25, 0.3) is 0 Å². The summed E-state index contributed by atoms with van der Waals surface area (Å²) in [6.45, 7) is 6.45. The zero-order valence-electron chi connectivity index (χ0n) is 28.5. The maximum Gasteiger partial charge on any atom is 0.306 e. The van der Waals surface area contributed by atoms with Crippen LogP contribution in [0.2, 0.25) is 0 Å². The van der Waals surface area contributed by atoms with Crippen LogP contribution in [0.1, 0.15) is 188 Å². The summed E-state index contributed by atoms with van der Waals surface area (Å²) in [5.41, 5.74) is 0. The predicted molar refractivity (Wildman–Crippen MR) is 178 cm³/mol. The van der Waals surface area contributed by atoms with E-state index >= 15 is 0 Å². The smallest absolute Gasteiger partial charge is 0.306 e. The summed E-state index contributed by atoms with van der Waals surface area (Å²) in [6.07, 6.45) is 31.0. The second-order valence-electron chi connectivity index (χ2n) is 12.1. The largest absolute Gasteiger partial charge is 0.462 e. The van der Waals surface area contributed by atoms with Crippen LogP contribution in [0.15, 0.2) is 12.2 Å². The van der Waals surface area contributed by atoms with Crippen LogP contribution in [-0.2, 0) is 28.6 Å². The first-order valence-corrected chi connectivity index (χ1v) is 18.2. The highest BCUT2D eigenvalue weighted by molar-refractivity contribution is 5.71. The molecule has 0 fully saturated rings. The molecule has 43 heavy (non-hydrogen) atoms. The van der Waals surface area contributed by atoms with Crippen LogP contribution in [0.5, 0.6) is 0 Å². The Labute approximate surface area is 265 Å². The Morgan fingerprint density at radius 3 is 1.16 bits per heavy atom. The lowest BCUT2D eigenvalue weighted by Gasteiger charge is -2.18. The number of carbonyl (C=O) groups excluding carboxylic acids is 3. The van der Waals surface area contributed by atoms with Crippen LogP contribution in [0.4, 0.5) is 0 Å². The lowest BCUT2D eigenvalue weighted by Crippen LogP contribution is -2.30. The molecule has 252 valence electrons. The SMILES string of the molecule is CCCCCCC/C=C\CCCCCCCC(=O)OCC(COC(=O)CCCCCCC)OC(=O)CCCCCCCC. The first-order chi connectivity index (χ1) is 21.0. The highest BCUT2D eigenvalue weighted by Gasteiger charge is 2.19. The quantitative estimate of drug-likeness (QED) is 0.0327. The molecule has 0 saturated heterocycles. The zero-order chi connectivity index (χ0) is 31.6. The summed E-state index contributed by atoms with van der Waals surface area (Å²) in [5.74, 6) is -0.909. The number of carbonyl (C=O) groups is 3. The van der Waals surface area contributed by atoms with Gasteiger partial charge in [-0.05, 0) is 44.9 Å². The van der Waals surface area contributed by atoms with Crippen molar-refractivity contribution in [3.63, 3.8) is 0 Å². The number of esters is 3. The van der Waals surface area contributed by atoms with E-state index in [2.05, 4.69) is 32.9 Å². The Kier molecular flexibility index (Phi) is 31.6. The molecule has 0 amide bonds. The third-order valence-electron chi connectivity index (χ3n) is 7.77. The second-order valence-corrected chi connectivity index (χ2v) is 12.1. The molecule has 0 aromatic rings. The Morgan fingerprint density at radius 2 is 0.767 bits per heavy atom. The normalized spacial score (nSPS) is 12.0. The topological polar surface area (TPSA) is 78.9 Å². The van der Waals surface area contributed by atoms with Crippen LogP contribution in [0.3, 0.4) is 0 Å². The van der Waals surface area contributed by atoms with E-state index in [-0.39, 0.29) is 31.1 Å². The molecule has 0 aromatic carbocycles. The molecule has 0 radical (unpaired) electrons. The molecule has 6 heteroatoms. The van der Waals surface area contributed by atoms with Gasteiger partial charge in [-0.15, -0.1) is 0 Å². The van der Waals surface area contributed by atoms with E-state index in [1.807, 2.05) is 0 Å². The molecule has 0 aliphatic heterocycles. The number of hydrogen-bond donors (Lipinski definition) is 0. The molecule has 6 nitrogen and oxygen atoms in total. The van der Waals surface area contributed by atoms with Gasteiger partial charge in [-0.25, -0.2) is 0 Å². The van der Waals surface area contributed by atoms with Gasteiger partial charge in [-0.3, -0.25) is 14.4 Å². The predicted octanol–water partition coefficient (Wildman–Crippen LogP) is 10.7. The van der Waals surface area contributed by atoms with Gasteiger partial charge in [0.2, 0.25) is 0 Å². The molecule has 0 aromatic heterocycles. The van der Waals surface area contributed by atoms with Gasteiger partial charge >= 0.3 is 17.9 Å². The van der Waals surface area contributed by atoms with E-state index in [9.17, 15) is 14.4 Å². The monoisotopic (exact) mass is 609 g/mol. The van der Waals surface area contributed by atoms with Crippen molar-refractivity contribution in [2.75, 3.05) is 13.2 Å². The van der Waals surface area contributed by atoms with Gasteiger partial charge in [-0.1, -0.05) is 136 Å². The molecular formula is C37H68O6. The minimum Gasteiger partial charge on any atom is -0.462 e. The van der Waals surface area contributed by atoms with Gasteiger partial charge in [0.15, 0.2) is 6.10 Å². The van der Waals surface area contributed by atoms with E-state index in [1.54, 1.807) is 0 Å². The highest BCUT2D eigenvalue weighted by Crippen LogP contribution is 2.12. The van der Waals surface area contributed by atoms with Crippen LogP contribution < -0.4 is 0 Å². The average Bonchev–Trinajstić information content (AvgIpc) is 3.00. The van der Waals surface area contributed by atoms with Crippen molar-refractivity contribution >= 4 is 17.9 Å². The third kappa shape index (κ3) is 31.4. The summed E-state index contributed by atoms with van der Waals surface area (Å²) in [4.78, 5) is 36.9. The van der Waals surface area contributed by atoms with Crippen molar-refractivity contribution in [2.45, 2.75) is 194 Å². The molecule has 0 spiro atoms. The van der Waals surface area contributed by atoms with Crippen LogP contribution in [0.25, 0.3) is 0 Å². The third-order valence-corrected chi connectivity index (χ3v) is 7.77. The van der Waals surface area contributed by atoms with Gasteiger partial charge < -0.3 is 14.2 Å².